The number of hydrogen-bond acceptors (Lipinski definition) is 15. The summed E-state index contributed by atoms with van der Waals surface area (Å²) in [5.74, 6) is -0.951. The van der Waals surface area contributed by atoms with Crippen LogP contribution >= 0.6 is 0 Å². The molecule has 422 valence electrons. The third kappa shape index (κ3) is 31.1. The molecule has 0 aromatic heterocycles. The van der Waals surface area contributed by atoms with Crippen molar-refractivity contribution >= 4 is 11.9 Å². The molecular formula is C57H104O15. The average Bonchev–Trinajstić information content (AvgIpc) is 3.37. The van der Waals surface area contributed by atoms with E-state index in [0.29, 0.717) is 12.8 Å². The van der Waals surface area contributed by atoms with Gasteiger partial charge in [0.15, 0.2) is 18.7 Å². The number of carbonyl (C=O) groups is 2. The van der Waals surface area contributed by atoms with E-state index in [1.165, 1.54) is 148 Å². The molecule has 15 nitrogen and oxygen atoms in total. The molecule has 2 rings (SSSR count). The highest BCUT2D eigenvalue weighted by atomic mass is 16.7. The van der Waals surface area contributed by atoms with Gasteiger partial charge in [0.25, 0.3) is 0 Å². The molecule has 0 aromatic rings. The number of allylic oxidation sites excluding steroid dienone is 4. The van der Waals surface area contributed by atoms with Crippen LogP contribution in [0.1, 0.15) is 232 Å². The molecule has 2 aliphatic rings. The Bertz CT molecular complexity index is 1350. The van der Waals surface area contributed by atoms with Crippen LogP contribution in [0, 0.1) is 0 Å². The number of unbranched alkanes of at least 4 members (excludes halogenated alkanes) is 28. The van der Waals surface area contributed by atoms with Gasteiger partial charge in [-0.1, -0.05) is 199 Å². The Morgan fingerprint density at radius 2 is 0.833 bits per heavy atom. The molecule has 0 saturated carbocycles. The van der Waals surface area contributed by atoms with Gasteiger partial charge in [-0.25, -0.2) is 0 Å². The molecule has 0 aromatic carbocycles. The number of aliphatic hydroxyl groups is 7. The first-order valence-corrected chi connectivity index (χ1v) is 28.9. The van der Waals surface area contributed by atoms with Crippen LogP contribution in [0.3, 0.4) is 0 Å². The zero-order chi connectivity index (χ0) is 52.4. The van der Waals surface area contributed by atoms with Crippen molar-refractivity contribution in [3.8, 4) is 0 Å². The van der Waals surface area contributed by atoms with E-state index in [9.17, 15) is 45.3 Å². The summed E-state index contributed by atoms with van der Waals surface area (Å²) in [6, 6.07) is 0. The van der Waals surface area contributed by atoms with Crippen molar-refractivity contribution in [1.82, 2.24) is 0 Å². The summed E-state index contributed by atoms with van der Waals surface area (Å²) >= 11 is 0. The van der Waals surface area contributed by atoms with Crippen LogP contribution in [0.5, 0.6) is 0 Å². The Morgan fingerprint density at radius 3 is 1.32 bits per heavy atom. The zero-order valence-electron chi connectivity index (χ0n) is 44.9. The lowest BCUT2D eigenvalue weighted by Crippen LogP contribution is -2.61. The molecular weight excluding hydrogens is 925 g/mol. The number of rotatable bonds is 46. The van der Waals surface area contributed by atoms with E-state index in [2.05, 4.69) is 38.2 Å². The predicted octanol–water partition coefficient (Wildman–Crippen LogP) is 9.50. The molecule has 15 heteroatoms. The first-order valence-electron chi connectivity index (χ1n) is 28.9. The van der Waals surface area contributed by atoms with Crippen molar-refractivity contribution in [1.29, 1.82) is 0 Å². The van der Waals surface area contributed by atoms with E-state index < -0.39 is 92.7 Å². The summed E-state index contributed by atoms with van der Waals surface area (Å²) in [6.07, 6.45) is 30.6. The van der Waals surface area contributed by atoms with Crippen molar-refractivity contribution < 1.29 is 73.8 Å². The van der Waals surface area contributed by atoms with Gasteiger partial charge in [-0.2, -0.15) is 0 Å². The number of esters is 2. The maximum atomic E-state index is 13.1. The third-order valence-corrected chi connectivity index (χ3v) is 13.9. The van der Waals surface area contributed by atoms with Crippen LogP contribution in [-0.2, 0) is 38.0 Å². The summed E-state index contributed by atoms with van der Waals surface area (Å²) in [5.41, 5.74) is 0. The minimum atomic E-state index is -1.77. The lowest BCUT2D eigenvalue weighted by Gasteiger charge is -2.42. The fraction of sp³-hybridized carbons (Fsp3) is 0.895. The predicted molar refractivity (Wildman–Crippen MR) is 280 cm³/mol. The van der Waals surface area contributed by atoms with E-state index in [1.54, 1.807) is 0 Å². The van der Waals surface area contributed by atoms with Gasteiger partial charge in [0.2, 0.25) is 0 Å². The molecule has 0 radical (unpaired) electrons. The fourth-order valence-corrected chi connectivity index (χ4v) is 9.19. The number of hydrogen-bond donors (Lipinski definition) is 7. The van der Waals surface area contributed by atoms with Crippen molar-refractivity contribution in [2.75, 3.05) is 26.4 Å². The van der Waals surface area contributed by atoms with Gasteiger partial charge in [-0.05, 0) is 44.9 Å². The summed E-state index contributed by atoms with van der Waals surface area (Å²) in [7, 11) is 0. The van der Waals surface area contributed by atoms with Crippen LogP contribution in [0.15, 0.2) is 24.3 Å². The van der Waals surface area contributed by atoms with Gasteiger partial charge >= 0.3 is 11.9 Å². The molecule has 0 bridgehead atoms. The molecule has 0 amide bonds. The number of aliphatic hydroxyl groups excluding tert-OH is 7. The monoisotopic (exact) mass is 1030 g/mol. The molecule has 2 fully saturated rings. The quantitative estimate of drug-likeness (QED) is 0.0171. The van der Waals surface area contributed by atoms with Crippen LogP contribution in [0.25, 0.3) is 0 Å². The van der Waals surface area contributed by atoms with E-state index in [-0.39, 0.29) is 26.1 Å². The highest BCUT2D eigenvalue weighted by Gasteiger charge is 2.47. The smallest absolute Gasteiger partial charge is 0.306 e. The summed E-state index contributed by atoms with van der Waals surface area (Å²) in [5, 5.41) is 72.2. The molecule has 4 unspecified atom stereocenters. The van der Waals surface area contributed by atoms with E-state index in [1.807, 2.05) is 0 Å². The molecule has 2 saturated heterocycles. The molecule has 72 heavy (non-hydrogen) atoms. The minimum absolute atomic E-state index is 0.163. The number of ether oxygens (including phenoxy) is 6. The summed E-state index contributed by atoms with van der Waals surface area (Å²) in [4.78, 5) is 25.8. The largest absolute Gasteiger partial charge is 0.462 e. The highest BCUT2D eigenvalue weighted by Crippen LogP contribution is 2.27. The maximum Gasteiger partial charge on any atom is 0.306 e. The Kier molecular flexibility index (Phi) is 40.5. The minimum Gasteiger partial charge on any atom is -0.462 e. The van der Waals surface area contributed by atoms with Gasteiger partial charge < -0.3 is 64.2 Å². The molecule has 0 spiro atoms. The van der Waals surface area contributed by atoms with Gasteiger partial charge in [0.1, 0.15) is 55.4 Å². The highest BCUT2D eigenvalue weighted by molar-refractivity contribution is 5.70. The molecule has 2 heterocycles. The maximum absolute atomic E-state index is 13.1. The van der Waals surface area contributed by atoms with Crippen LogP contribution < -0.4 is 0 Å². The van der Waals surface area contributed by atoms with Gasteiger partial charge in [-0.15, -0.1) is 0 Å². The number of carbonyl (C=O) groups excluding carboxylic acids is 2. The second-order valence-corrected chi connectivity index (χ2v) is 20.5. The van der Waals surface area contributed by atoms with Gasteiger partial charge in [0.05, 0.1) is 19.8 Å². The normalized spacial score (nSPS) is 25.1. The topological polar surface area (TPSA) is 231 Å². The second-order valence-electron chi connectivity index (χ2n) is 20.5. The zero-order valence-corrected chi connectivity index (χ0v) is 44.9. The van der Waals surface area contributed by atoms with Crippen LogP contribution in [0.4, 0.5) is 0 Å². The molecule has 2 aliphatic heterocycles. The Hall–Kier alpha value is -2.02. The fourth-order valence-electron chi connectivity index (χ4n) is 9.19. The lowest BCUT2D eigenvalue weighted by molar-refractivity contribution is -0.332. The average molecular weight is 1030 g/mol. The summed E-state index contributed by atoms with van der Waals surface area (Å²) < 4.78 is 33.6. The van der Waals surface area contributed by atoms with Crippen molar-refractivity contribution in [3.05, 3.63) is 24.3 Å². The second kappa shape index (κ2) is 44.1. The van der Waals surface area contributed by atoms with Crippen molar-refractivity contribution in [2.45, 2.75) is 300 Å². The first kappa shape index (κ1) is 66.1. The van der Waals surface area contributed by atoms with Crippen molar-refractivity contribution in [3.63, 3.8) is 0 Å². The van der Waals surface area contributed by atoms with E-state index in [0.717, 1.165) is 44.9 Å². The SMILES string of the molecule is CCCCCCCC/C=C/C/C=C/CCCCC(=O)OC[C@H](CO[C@H]1O[C@@H](CO[C@H]2O[C@@H](CO)[C@@H](O)C(O)C2O)[C@@H](O)C(O)C1O)OC(=O)CCCCCCCCCCCCCCCCCCCCCCC. The van der Waals surface area contributed by atoms with E-state index in [4.69, 9.17) is 28.4 Å². The summed E-state index contributed by atoms with van der Waals surface area (Å²) in [6.45, 7) is 2.59. The molecule has 7 N–H and O–H groups in total. The van der Waals surface area contributed by atoms with Gasteiger partial charge in [-0.3, -0.25) is 9.59 Å². The van der Waals surface area contributed by atoms with Gasteiger partial charge in [0, 0.05) is 12.8 Å². The standard InChI is InChI=1S/C57H104O15/c1-3-5-7-9-11-13-15-17-19-20-21-22-23-24-26-28-30-32-34-36-38-40-49(60)70-45(42-67-48(59)39-37-35-33-31-29-27-25-18-16-14-12-10-8-6-4-2)43-68-56-55(66)53(64)51(62)47(72-56)44-69-57-54(65)52(63)50(61)46(41-58)71-57/h18,25,29,31,45-47,50-58,61-66H,3-17,19-24,26-28,30,32-44H2,1-2H3/b25-18+,31-29+/t45-,46+,47+,50-,51-,52?,53?,54?,55?,56+,57+/m1/s1. The Labute approximate surface area is 434 Å². The first-order chi connectivity index (χ1) is 35.0. The third-order valence-electron chi connectivity index (χ3n) is 13.9. The van der Waals surface area contributed by atoms with E-state index >= 15 is 0 Å². The Morgan fingerprint density at radius 1 is 0.444 bits per heavy atom. The van der Waals surface area contributed by atoms with Crippen LogP contribution in [-0.4, -0.2) is 142 Å². The van der Waals surface area contributed by atoms with Crippen LogP contribution in [0.2, 0.25) is 0 Å². The Balaban J connectivity index is 1.76. The van der Waals surface area contributed by atoms with Crippen molar-refractivity contribution in [2.24, 2.45) is 0 Å². The molecule has 11 atom stereocenters. The molecule has 0 aliphatic carbocycles. The lowest BCUT2D eigenvalue weighted by atomic mass is 9.98.